The summed E-state index contributed by atoms with van der Waals surface area (Å²) in [7, 11) is 2.88. The molecule has 144 valence electrons. The maximum atomic E-state index is 12.9. The van der Waals surface area contributed by atoms with Gasteiger partial charge in [-0.2, -0.15) is 0 Å². The summed E-state index contributed by atoms with van der Waals surface area (Å²) in [6.45, 7) is 1.80. The summed E-state index contributed by atoms with van der Waals surface area (Å²) in [6, 6.07) is 1.51. The Labute approximate surface area is 162 Å². The van der Waals surface area contributed by atoms with Gasteiger partial charge in [-0.25, -0.2) is 4.79 Å². The van der Waals surface area contributed by atoms with Gasteiger partial charge < -0.3 is 18.9 Å². The number of methoxy groups -OCH3 is 2. The maximum absolute atomic E-state index is 12.9. The number of ketones is 1. The van der Waals surface area contributed by atoms with Crippen molar-refractivity contribution in [3.8, 4) is 11.5 Å². The van der Waals surface area contributed by atoms with Crippen molar-refractivity contribution in [2.24, 2.45) is 0 Å². The molecular weight excluding hydrogens is 372 g/mol. The third kappa shape index (κ3) is 4.34. The number of ether oxygens (including phenoxy) is 4. The first kappa shape index (κ1) is 19.5. The van der Waals surface area contributed by atoms with Crippen LogP contribution in [0.25, 0.3) is 0 Å². The van der Waals surface area contributed by atoms with Gasteiger partial charge in [0.05, 0.1) is 25.3 Å². The fourth-order valence-electron chi connectivity index (χ4n) is 3.06. The minimum absolute atomic E-state index is 0.00286. The SMILES string of the molecule is COc1cc(OC)c2c(c1Cl)CC(=O)C=CC=CC1OC1CC(C)OC2=O. The normalized spacial score (nSPS) is 25.1. The molecule has 1 aromatic rings. The van der Waals surface area contributed by atoms with Crippen LogP contribution in [0.2, 0.25) is 5.02 Å². The average molecular weight is 393 g/mol. The number of fused-ring (bicyclic) bond motifs is 2. The molecule has 0 spiro atoms. The van der Waals surface area contributed by atoms with Crippen molar-refractivity contribution in [1.29, 1.82) is 0 Å². The van der Waals surface area contributed by atoms with Crippen molar-refractivity contribution in [1.82, 2.24) is 0 Å². The van der Waals surface area contributed by atoms with E-state index in [4.69, 9.17) is 30.5 Å². The molecule has 0 aromatic heterocycles. The molecule has 0 N–H and O–H groups in total. The number of hydrogen-bond acceptors (Lipinski definition) is 6. The molecule has 1 saturated heterocycles. The Morgan fingerprint density at radius 2 is 1.89 bits per heavy atom. The highest BCUT2D eigenvalue weighted by Crippen LogP contribution is 2.39. The topological polar surface area (TPSA) is 74.4 Å². The number of halogens is 1. The van der Waals surface area contributed by atoms with Gasteiger partial charge in [0.2, 0.25) is 0 Å². The third-order valence-electron chi connectivity index (χ3n) is 4.47. The largest absolute Gasteiger partial charge is 0.496 e. The number of benzene rings is 1. The molecule has 0 aliphatic carbocycles. The van der Waals surface area contributed by atoms with Crippen LogP contribution in [-0.2, 0) is 20.7 Å². The lowest BCUT2D eigenvalue weighted by molar-refractivity contribution is -0.114. The minimum atomic E-state index is -0.597. The molecule has 6 nitrogen and oxygen atoms in total. The van der Waals surface area contributed by atoms with Gasteiger partial charge in [0, 0.05) is 24.5 Å². The molecule has 0 bridgehead atoms. The number of carbonyl (C=O) groups excluding carboxylic acids is 2. The van der Waals surface area contributed by atoms with Gasteiger partial charge in [-0.1, -0.05) is 29.8 Å². The molecule has 2 aliphatic rings. The van der Waals surface area contributed by atoms with Crippen LogP contribution in [0.1, 0.15) is 29.3 Å². The fraction of sp³-hybridized carbons (Fsp3) is 0.400. The maximum Gasteiger partial charge on any atom is 0.342 e. The zero-order valence-electron chi connectivity index (χ0n) is 15.4. The van der Waals surface area contributed by atoms with E-state index >= 15 is 0 Å². The van der Waals surface area contributed by atoms with Crippen LogP contribution in [0, 0.1) is 0 Å². The second kappa shape index (κ2) is 8.15. The summed E-state index contributed by atoms with van der Waals surface area (Å²) in [6.07, 6.45) is 6.84. The molecule has 0 saturated carbocycles. The van der Waals surface area contributed by atoms with Gasteiger partial charge in [-0.3, -0.25) is 4.79 Å². The summed E-state index contributed by atoms with van der Waals surface area (Å²) in [5.41, 5.74) is 0.457. The van der Waals surface area contributed by atoms with E-state index in [0.29, 0.717) is 17.7 Å². The molecule has 0 radical (unpaired) electrons. The Morgan fingerprint density at radius 1 is 1.15 bits per heavy atom. The quantitative estimate of drug-likeness (QED) is 0.568. The molecule has 2 heterocycles. The Bertz CT molecular complexity index is 813. The third-order valence-corrected chi connectivity index (χ3v) is 4.89. The highest BCUT2D eigenvalue weighted by molar-refractivity contribution is 6.33. The number of esters is 1. The number of rotatable bonds is 2. The zero-order valence-corrected chi connectivity index (χ0v) is 16.1. The molecule has 0 amide bonds. The second-order valence-corrected chi connectivity index (χ2v) is 6.80. The van der Waals surface area contributed by atoms with Crippen LogP contribution in [0.15, 0.2) is 30.4 Å². The highest BCUT2D eigenvalue weighted by atomic mass is 35.5. The molecule has 3 rings (SSSR count). The van der Waals surface area contributed by atoms with Gasteiger partial charge in [-0.05, 0) is 13.0 Å². The predicted octanol–water partition coefficient (Wildman–Crippen LogP) is 3.30. The van der Waals surface area contributed by atoms with Gasteiger partial charge >= 0.3 is 5.97 Å². The summed E-state index contributed by atoms with van der Waals surface area (Å²) < 4.78 is 21.7. The molecule has 3 unspecified atom stereocenters. The number of cyclic esters (lactones) is 1. The van der Waals surface area contributed by atoms with Crippen LogP contribution in [0.3, 0.4) is 0 Å². The van der Waals surface area contributed by atoms with Crippen molar-refractivity contribution in [2.75, 3.05) is 14.2 Å². The van der Waals surface area contributed by atoms with Gasteiger partial charge in [0.15, 0.2) is 5.78 Å². The van der Waals surface area contributed by atoms with E-state index in [1.807, 2.05) is 6.08 Å². The number of carbonyl (C=O) groups is 2. The minimum Gasteiger partial charge on any atom is -0.496 e. The summed E-state index contributed by atoms with van der Waals surface area (Å²) in [5, 5.41) is 0.188. The first-order chi connectivity index (χ1) is 12.9. The van der Waals surface area contributed by atoms with Crippen molar-refractivity contribution in [3.05, 3.63) is 46.5 Å². The van der Waals surface area contributed by atoms with Crippen molar-refractivity contribution < 1.29 is 28.5 Å². The predicted molar refractivity (Wildman–Crippen MR) is 99.7 cm³/mol. The van der Waals surface area contributed by atoms with E-state index in [1.54, 1.807) is 19.1 Å². The van der Waals surface area contributed by atoms with Crippen molar-refractivity contribution in [3.63, 3.8) is 0 Å². The smallest absolute Gasteiger partial charge is 0.342 e. The fourth-order valence-corrected chi connectivity index (χ4v) is 3.36. The Kier molecular flexibility index (Phi) is 5.87. The van der Waals surface area contributed by atoms with Gasteiger partial charge in [-0.15, -0.1) is 0 Å². The summed E-state index contributed by atoms with van der Waals surface area (Å²) in [5.74, 6) is -0.252. The molecule has 1 aromatic carbocycles. The van der Waals surface area contributed by atoms with E-state index in [2.05, 4.69) is 0 Å². The van der Waals surface area contributed by atoms with E-state index in [0.717, 1.165) is 0 Å². The number of allylic oxidation sites excluding steroid dienone is 3. The van der Waals surface area contributed by atoms with Crippen LogP contribution in [0.4, 0.5) is 0 Å². The van der Waals surface area contributed by atoms with Crippen molar-refractivity contribution in [2.45, 2.75) is 38.1 Å². The molecular formula is C20H21ClO6. The first-order valence-corrected chi connectivity index (χ1v) is 8.99. The lowest BCUT2D eigenvalue weighted by atomic mass is 9.99. The summed E-state index contributed by atoms with van der Waals surface area (Å²) in [4.78, 5) is 25.2. The Morgan fingerprint density at radius 3 is 2.59 bits per heavy atom. The van der Waals surface area contributed by atoms with E-state index in [9.17, 15) is 9.59 Å². The van der Waals surface area contributed by atoms with Gasteiger partial charge in [0.1, 0.15) is 29.3 Å². The average Bonchev–Trinajstić information content (AvgIpc) is 3.36. The Hall–Kier alpha value is -2.31. The first-order valence-electron chi connectivity index (χ1n) is 8.62. The molecule has 1 fully saturated rings. The van der Waals surface area contributed by atoms with Crippen LogP contribution < -0.4 is 9.47 Å². The van der Waals surface area contributed by atoms with Gasteiger partial charge in [0.25, 0.3) is 0 Å². The lowest BCUT2D eigenvalue weighted by Crippen LogP contribution is -2.20. The standard InChI is InChI=1S/C20H21ClO6/c1-11-8-15-14(27-15)7-5-4-6-12(22)9-13-18(20(23)26-11)16(24-2)10-17(25-3)19(13)21/h4-7,10-11,14-15H,8-9H2,1-3H3. The lowest BCUT2D eigenvalue weighted by Gasteiger charge is -2.19. The monoisotopic (exact) mass is 392 g/mol. The molecule has 7 heteroatoms. The van der Waals surface area contributed by atoms with Crippen LogP contribution in [-0.4, -0.2) is 44.3 Å². The number of hydrogen-bond donors (Lipinski definition) is 0. The molecule has 3 atom stereocenters. The molecule has 2 aliphatic heterocycles. The van der Waals surface area contributed by atoms with E-state index < -0.39 is 5.97 Å². The zero-order chi connectivity index (χ0) is 19.6. The number of epoxide rings is 1. The Balaban J connectivity index is 2.06. The van der Waals surface area contributed by atoms with Crippen molar-refractivity contribution >= 4 is 23.4 Å². The summed E-state index contributed by atoms with van der Waals surface area (Å²) >= 11 is 6.41. The van der Waals surface area contributed by atoms with Crippen LogP contribution >= 0.6 is 11.6 Å². The van der Waals surface area contributed by atoms with E-state index in [1.165, 1.54) is 26.4 Å². The highest BCUT2D eigenvalue weighted by Gasteiger charge is 2.38. The van der Waals surface area contributed by atoms with Crippen LogP contribution in [0.5, 0.6) is 11.5 Å². The molecule has 27 heavy (non-hydrogen) atoms. The van der Waals surface area contributed by atoms with E-state index in [-0.39, 0.29) is 46.9 Å². The second-order valence-electron chi connectivity index (χ2n) is 6.43.